The Bertz CT molecular complexity index is 1810. The van der Waals surface area contributed by atoms with Gasteiger partial charge < -0.3 is 0 Å². The summed E-state index contributed by atoms with van der Waals surface area (Å²) in [6.45, 7) is 3.92. The van der Waals surface area contributed by atoms with Crippen LogP contribution in [0.3, 0.4) is 0 Å². The van der Waals surface area contributed by atoms with E-state index in [1.54, 1.807) is 40.9 Å². The summed E-state index contributed by atoms with van der Waals surface area (Å²) in [4.78, 5) is 22.4. The van der Waals surface area contributed by atoms with Crippen LogP contribution in [0.2, 0.25) is 0 Å². The maximum atomic E-state index is 14.4. The van der Waals surface area contributed by atoms with Gasteiger partial charge in [-0.1, -0.05) is 5.57 Å². The van der Waals surface area contributed by atoms with Crippen molar-refractivity contribution in [2.45, 2.75) is 56.6 Å². The lowest BCUT2D eigenvalue weighted by Gasteiger charge is -2.48. The molecule has 2 aliphatic carbocycles. The van der Waals surface area contributed by atoms with Gasteiger partial charge in [0.25, 0.3) is 0 Å². The highest BCUT2D eigenvalue weighted by atomic mass is 32.2. The first-order valence-corrected chi connectivity index (χ1v) is 15.4. The molecule has 2 aliphatic rings. The maximum absolute atomic E-state index is 14.4. The van der Waals surface area contributed by atoms with Gasteiger partial charge >= 0.3 is 0 Å². The molecule has 0 N–H and O–H groups in total. The van der Waals surface area contributed by atoms with Crippen LogP contribution in [0.1, 0.15) is 54.9 Å². The highest BCUT2D eigenvalue weighted by Crippen LogP contribution is 2.51. The number of rotatable bonds is 7. The summed E-state index contributed by atoms with van der Waals surface area (Å²) >= 11 is 0. The van der Waals surface area contributed by atoms with Gasteiger partial charge in [-0.2, -0.15) is 14.6 Å². The molecule has 1 unspecified atom stereocenters. The number of aromatic nitrogens is 6. The van der Waals surface area contributed by atoms with E-state index < -0.39 is 26.9 Å². The molecule has 4 aromatic heterocycles. The average Bonchev–Trinajstić information content (AvgIpc) is 3.57. The number of carbonyl (C=O) groups is 1. The minimum atomic E-state index is -3.00. The monoisotopic (exact) mass is 591 g/mol. The van der Waals surface area contributed by atoms with Crippen LogP contribution in [0.4, 0.5) is 8.78 Å². The van der Waals surface area contributed by atoms with Gasteiger partial charge in [-0.3, -0.25) is 14.5 Å². The zero-order chi connectivity index (χ0) is 29.8. The Morgan fingerprint density at radius 3 is 2.67 bits per heavy atom. The second-order valence-electron chi connectivity index (χ2n) is 11.2. The molecule has 0 spiro atoms. The zero-order valence-corrected chi connectivity index (χ0v) is 24.4. The molecule has 0 saturated heterocycles. The minimum Gasteiger partial charge on any atom is -0.291 e. The third-order valence-corrected chi connectivity index (χ3v) is 10.5. The lowest BCUT2D eigenvalue weighted by molar-refractivity contribution is 0.0725. The van der Waals surface area contributed by atoms with Crippen molar-refractivity contribution in [3.8, 4) is 5.69 Å². The standard InChI is InChI=1S/C30H31F2N7O2S/c1-19(2)39(42(4,41)28-10-12-37(3)36-28)23-6-5-21-13-26-20(17-35-38(26)24-7-8-27(32)34-18-24)15-30(21,16-23)29(40)25-14-22(31)9-11-33-25/h7-14,17-19,23H,4-6,15-16H2,1-3H3/t23-,30-,42?/m0/s1. The van der Waals surface area contributed by atoms with E-state index in [9.17, 15) is 17.8 Å². The Hall–Kier alpha value is -4.03. The van der Waals surface area contributed by atoms with E-state index >= 15 is 0 Å². The first-order chi connectivity index (χ1) is 20.0. The number of ketones is 1. The molecule has 1 fully saturated rings. The molecular weight excluding hydrogens is 560 g/mol. The van der Waals surface area contributed by atoms with Gasteiger partial charge in [0.2, 0.25) is 5.95 Å². The van der Waals surface area contributed by atoms with Crippen molar-refractivity contribution in [3.05, 3.63) is 89.4 Å². The fourth-order valence-electron chi connectivity index (χ4n) is 6.45. The molecular formula is C30H31F2N7O2S. The van der Waals surface area contributed by atoms with E-state index in [0.717, 1.165) is 16.8 Å². The predicted molar refractivity (Wildman–Crippen MR) is 155 cm³/mol. The summed E-state index contributed by atoms with van der Waals surface area (Å²) in [6, 6.07) is 6.50. The molecule has 0 radical (unpaired) electrons. The van der Waals surface area contributed by atoms with Crippen molar-refractivity contribution < 1.29 is 17.8 Å². The topological polar surface area (TPSA) is 98.8 Å². The summed E-state index contributed by atoms with van der Waals surface area (Å²) in [6.07, 6.45) is 9.87. The summed E-state index contributed by atoms with van der Waals surface area (Å²) in [5.41, 5.74) is 2.02. The largest absolute Gasteiger partial charge is 0.291 e. The third kappa shape index (κ3) is 4.68. The van der Waals surface area contributed by atoms with Crippen molar-refractivity contribution in [3.63, 3.8) is 0 Å². The molecule has 0 bridgehead atoms. The Labute approximate surface area is 243 Å². The summed E-state index contributed by atoms with van der Waals surface area (Å²) in [5.74, 6) is 2.71. The number of hydrogen-bond acceptors (Lipinski definition) is 6. The van der Waals surface area contributed by atoms with Crippen molar-refractivity contribution in [1.29, 1.82) is 0 Å². The number of carbonyl (C=O) groups excluding carboxylic acids is 1. The number of pyridine rings is 2. The van der Waals surface area contributed by atoms with Crippen LogP contribution in [0, 0.1) is 17.2 Å². The average molecular weight is 592 g/mol. The highest BCUT2D eigenvalue weighted by Gasteiger charge is 2.51. The molecule has 218 valence electrons. The first-order valence-electron chi connectivity index (χ1n) is 13.7. The Morgan fingerprint density at radius 1 is 1.19 bits per heavy atom. The van der Waals surface area contributed by atoms with Gasteiger partial charge in [0.15, 0.2) is 10.8 Å². The molecule has 42 heavy (non-hydrogen) atoms. The van der Waals surface area contributed by atoms with Crippen LogP contribution >= 0.6 is 0 Å². The van der Waals surface area contributed by atoms with Crippen molar-refractivity contribution >= 4 is 27.4 Å². The number of aryl methyl sites for hydroxylation is 1. The van der Waals surface area contributed by atoms with Gasteiger partial charge in [0, 0.05) is 37.6 Å². The van der Waals surface area contributed by atoms with Crippen LogP contribution in [0.15, 0.2) is 65.7 Å². The van der Waals surface area contributed by atoms with Crippen molar-refractivity contribution in [2.24, 2.45) is 12.5 Å². The molecule has 3 atom stereocenters. The lowest BCUT2D eigenvalue weighted by Crippen LogP contribution is -2.52. The number of hydrogen-bond donors (Lipinski definition) is 0. The predicted octanol–water partition coefficient (Wildman–Crippen LogP) is 4.44. The number of allylic oxidation sites excluding steroid dienone is 1. The minimum absolute atomic E-state index is 0.0382. The van der Waals surface area contributed by atoms with Gasteiger partial charge in [0.05, 0.1) is 38.9 Å². The number of halogens is 2. The summed E-state index contributed by atoms with van der Waals surface area (Å²) < 4.78 is 47.3. The Morgan fingerprint density at radius 2 is 2.00 bits per heavy atom. The van der Waals surface area contributed by atoms with E-state index in [0.29, 0.717) is 36.4 Å². The van der Waals surface area contributed by atoms with E-state index in [1.807, 2.05) is 24.2 Å². The second kappa shape index (κ2) is 10.4. The van der Waals surface area contributed by atoms with Crippen molar-refractivity contribution in [2.75, 3.05) is 0 Å². The molecule has 1 saturated carbocycles. The van der Waals surface area contributed by atoms with E-state index in [1.165, 1.54) is 30.6 Å². The SMILES string of the molecule is C=S(=O)(c1ccn(C)n1)N(C(C)C)[C@H]1CCC2=Cc3c(cnn3-c3ccc(F)nc3)C[C@]2(C(=O)c2cc(F)ccn2)C1. The lowest BCUT2D eigenvalue weighted by atomic mass is 9.60. The molecule has 6 rings (SSSR count). The van der Waals surface area contributed by atoms with E-state index in [2.05, 4.69) is 26.0 Å². The smallest absolute Gasteiger partial charge is 0.212 e. The van der Waals surface area contributed by atoms with Crippen LogP contribution in [0.25, 0.3) is 11.8 Å². The zero-order valence-electron chi connectivity index (χ0n) is 23.6. The molecule has 4 aromatic rings. The molecule has 0 aromatic carbocycles. The fraction of sp³-hybridized carbons (Fsp3) is 0.333. The molecule has 12 heteroatoms. The van der Waals surface area contributed by atoms with Crippen LogP contribution in [-0.4, -0.2) is 61.8 Å². The van der Waals surface area contributed by atoms with Gasteiger partial charge in [-0.25, -0.2) is 22.6 Å². The summed E-state index contributed by atoms with van der Waals surface area (Å²) in [7, 11) is -1.23. The highest BCUT2D eigenvalue weighted by molar-refractivity contribution is 7.98. The van der Waals surface area contributed by atoms with Crippen molar-refractivity contribution in [1.82, 2.24) is 33.8 Å². The van der Waals surface area contributed by atoms with Crippen LogP contribution in [-0.2, 0) is 23.2 Å². The fourth-order valence-corrected chi connectivity index (χ4v) is 8.54. The Balaban J connectivity index is 1.46. The van der Waals surface area contributed by atoms with Gasteiger partial charge in [-0.05, 0) is 81.3 Å². The molecule has 0 amide bonds. The molecule has 9 nitrogen and oxygen atoms in total. The first kappa shape index (κ1) is 28.1. The van der Waals surface area contributed by atoms with Crippen LogP contribution < -0.4 is 0 Å². The number of fused-ring (bicyclic) bond motifs is 2. The second-order valence-corrected chi connectivity index (χ2v) is 13.4. The van der Waals surface area contributed by atoms with Crippen LogP contribution in [0.5, 0.6) is 0 Å². The van der Waals surface area contributed by atoms with Gasteiger partial charge in [0.1, 0.15) is 11.5 Å². The van der Waals surface area contributed by atoms with E-state index in [4.69, 9.17) is 0 Å². The number of Topliss-reactive ketones (excluding diaryl/α,β-unsaturated/α-hetero) is 1. The quantitative estimate of drug-likeness (QED) is 0.179. The summed E-state index contributed by atoms with van der Waals surface area (Å²) in [5, 5.41) is 9.33. The molecule has 4 heterocycles. The number of nitrogens with zero attached hydrogens (tertiary/aromatic N) is 7. The van der Waals surface area contributed by atoms with E-state index in [-0.39, 0.29) is 23.6 Å². The molecule has 0 aliphatic heterocycles. The maximum Gasteiger partial charge on any atom is 0.212 e. The Kier molecular flexibility index (Phi) is 6.93. The normalized spacial score (nSPS) is 21.5. The third-order valence-electron chi connectivity index (χ3n) is 8.21. The van der Waals surface area contributed by atoms with Gasteiger partial charge in [-0.15, -0.1) is 0 Å².